The summed E-state index contributed by atoms with van der Waals surface area (Å²) in [4.78, 5) is 0. The van der Waals surface area contributed by atoms with Crippen LogP contribution in [0, 0.1) is 0 Å². The van der Waals surface area contributed by atoms with E-state index < -0.39 is 8.32 Å². The lowest BCUT2D eigenvalue weighted by atomic mass is 10.2. The highest BCUT2D eigenvalue weighted by Crippen LogP contribution is 2.25. The molecule has 0 saturated carbocycles. The van der Waals surface area contributed by atoms with Gasteiger partial charge >= 0.3 is 0 Å². The summed E-state index contributed by atoms with van der Waals surface area (Å²) in [6.07, 6.45) is -0.481. The van der Waals surface area contributed by atoms with E-state index >= 15 is 0 Å². The smallest absolute Gasteiger partial charge is 0.192 e. The van der Waals surface area contributed by atoms with Crippen molar-refractivity contribution in [1.29, 1.82) is 0 Å². The Hall–Kier alpha value is -1.46. The van der Waals surface area contributed by atoms with Gasteiger partial charge in [-0.15, -0.1) is 0 Å². The molecular weight excluding hydrogens is 352 g/mol. The molecule has 0 aromatic heterocycles. The summed E-state index contributed by atoms with van der Waals surface area (Å²) >= 11 is 0. The molecule has 0 spiro atoms. The molecule has 2 aromatic carbocycles. The molecule has 0 bridgehead atoms. The number of hydrogen-bond acceptors (Lipinski definition) is 3. The van der Waals surface area contributed by atoms with Gasteiger partial charge in [-0.25, -0.2) is 0 Å². The van der Waals surface area contributed by atoms with Crippen molar-refractivity contribution in [2.24, 2.45) is 0 Å². The molecule has 0 fully saturated rings. The first-order valence-electron chi connectivity index (χ1n) is 10.1. The maximum absolute atomic E-state index is 6.61. The van der Waals surface area contributed by atoms with E-state index in [0.29, 0.717) is 13.2 Å². The molecular formula is C23H34O3Si. The third-order valence-corrected chi connectivity index (χ3v) is 10.0. The third kappa shape index (κ3) is 6.89. The van der Waals surface area contributed by atoms with Gasteiger partial charge in [0.05, 0.1) is 19.3 Å². The largest absolute Gasteiger partial charge is 0.409 e. The zero-order valence-electron chi connectivity index (χ0n) is 17.2. The average Bonchev–Trinajstić information content (AvgIpc) is 2.73. The molecule has 0 heterocycles. The lowest BCUT2D eigenvalue weighted by Crippen LogP contribution is -2.44. The molecule has 0 saturated heterocycles. The van der Waals surface area contributed by atoms with Crippen LogP contribution in [0.5, 0.6) is 0 Å². The van der Waals surface area contributed by atoms with Gasteiger partial charge in [0.25, 0.3) is 0 Å². The van der Waals surface area contributed by atoms with Crippen molar-refractivity contribution in [2.45, 2.75) is 71.4 Å². The molecule has 27 heavy (non-hydrogen) atoms. The lowest BCUT2D eigenvalue weighted by molar-refractivity contribution is -0.197. The second-order valence-electron chi connectivity index (χ2n) is 7.03. The monoisotopic (exact) mass is 386 g/mol. The van der Waals surface area contributed by atoms with E-state index in [0.717, 1.165) is 29.3 Å². The molecule has 148 valence electrons. The van der Waals surface area contributed by atoms with Crippen molar-refractivity contribution in [3.63, 3.8) is 0 Å². The van der Waals surface area contributed by atoms with Crippen LogP contribution in [0.4, 0.5) is 0 Å². The Morgan fingerprint density at radius 1 is 0.704 bits per heavy atom. The van der Waals surface area contributed by atoms with Crippen molar-refractivity contribution in [3.05, 3.63) is 71.8 Å². The minimum Gasteiger partial charge on any atom is -0.409 e. The van der Waals surface area contributed by atoms with Gasteiger partial charge in [0.2, 0.25) is 0 Å². The van der Waals surface area contributed by atoms with E-state index in [-0.39, 0.29) is 12.4 Å². The van der Waals surface area contributed by atoms with Gasteiger partial charge in [0.15, 0.2) is 14.6 Å². The van der Waals surface area contributed by atoms with Crippen molar-refractivity contribution in [3.8, 4) is 0 Å². The van der Waals surface area contributed by atoms with Crippen LogP contribution in [0.2, 0.25) is 18.1 Å². The van der Waals surface area contributed by atoms with Gasteiger partial charge in [0.1, 0.15) is 0 Å². The Morgan fingerprint density at radius 3 is 1.48 bits per heavy atom. The van der Waals surface area contributed by atoms with Crippen molar-refractivity contribution >= 4 is 8.32 Å². The van der Waals surface area contributed by atoms with E-state index in [1.54, 1.807) is 0 Å². The second-order valence-corrected chi connectivity index (χ2v) is 11.8. The SMILES string of the molecule is CC[Si](CC)(CC)O[C@@H](C)C(OCc1ccccc1)OCc1ccccc1. The predicted octanol–water partition coefficient (Wildman–Crippen LogP) is 6.16. The van der Waals surface area contributed by atoms with Gasteiger partial charge in [-0.1, -0.05) is 81.4 Å². The normalized spacial score (nSPS) is 13.1. The van der Waals surface area contributed by atoms with E-state index in [1.807, 2.05) is 36.4 Å². The van der Waals surface area contributed by atoms with Gasteiger partial charge in [-0.05, 0) is 36.2 Å². The molecule has 0 unspecified atom stereocenters. The third-order valence-electron chi connectivity index (χ3n) is 5.27. The zero-order valence-corrected chi connectivity index (χ0v) is 18.2. The van der Waals surface area contributed by atoms with E-state index in [1.165, 1.54) is 0 Å². The summed E-state index contributed by atoms with van der Waals surface area (Å²) in [5, 5.41) is 0. The highest BCUT2D eigenvalue weighted by atomic mass is 28.4. The molecule has 0 N–H and O–H groups in total. The minimum absolute atomic E-state index is 0.0936. The molecule has 0 amide bonds. The van der Waals surface area contributed by atoms with Gasteiger partial charge in [0, 0.05) is 0 Å². The van der Waals surface area contributed by atoms with E-state index in [2.05, 4.69) is 52.0 Å². The van der Waals surface area contributed by atoms with Crippen molar-refractivity contribution in [1.82, 2.24) is 0 Å². The van der Waals surface area contributed by atoms with E-state index in [4.69, 9.17) is 13.9 Å². The first-order chi connectivity index (χ1) is 13.1. The zero-order chi connectivity index (χ0) is 19.5. The van der Waals surface area contributed by atoms with Crippen molar-refractivity contribution in [2.75, 3.05) is 0 Å². The lowest BCUT2D eigenvalue weighted by Gasteiger charge is -2.35. The number of hydrogen-bond donors (Lipinski definition) is 0. The molecule has 2 rings (SSSR count). The van der Waals surface area contributed by atoms with Crippen LogP contribution in [0.15, 0.2) is 60.7 Å². The molecule has 0 aliphatic rings. The Morgan fingerprint density at radius 2 is 1.11 bits per heavy atom. The predicted molar refractivity (Wildman–Crippen MR) is 114 cm³/mol. The Kier molecular flexibility index (Phi) is 9.21. The maximum Gasteiger partial charge on any atom is 0.192 e. The van der Waals surface area contributed by atoms with Crippen LogP contribution in [-0.4, -0.2) is 20.7 Å². The summed E-state index contributed by atoms with van der Waals surface area (Å²) in [5.41, 5.74) is 2.28. The Balaban J connectivity index is 2.04. The molecule has 0 radical (unpaired) electrons. The highest BCUT2D eigenvalue weighted by molar-refractivity contribution is 6.73. The molecule has 3 nitrogen and oxygen atoms in total. The van der Waals surface area contributed by atoms with E-state index in [9.17, 15) is 0 Å². The molecule has 2 aromatic rings. The highest BCUT2D eigenvalue weighted by Gasteiger charge is 2.34. The van der Waals surface area contributed by atoms with Gasteiger partial charge in [-0.3, -0.25) is 0 Å². The standard InChI is InChI=1S/C23H34O3Si/c1-5-27(6-2,7-3)26-20(4)23(24-18-21-14-10-8-11-15-21)25-19-22-16-12-9-13-17-22/h8-17,20,23H,5-7,18-19H2,1-4H3/t20-/m0/s1. The van der Waals surface area contributed by atoms with Crippen LogP contribution in [0.3, 0.4) is 0 Å². The summed E-state index contributed by atoms with van der Waals surface area (Å²) in [6.45, 7) is 9.87. The fourth-order valence-corrected chi connectivity index (χ4v) is 6.17. The number of ether oxygens (including phenoxy) is 2. The summed E-state index contributed by atoms with van der Waals surface area (Å²) in [5.74, 6) is 0. The molecule has 4 heteroatoms. The number of benzene rings is 2. The maximum atomic E-state index is 6.61. The minimum atomic E-state index is -1.72. The van der Waals surface area contributed by atoms with Crippen molar-refractivity contribution < 1.29 is 13.9 Å². The molecule has 0 aliphatic heterocycles. The van der Waals surface area contributed by atoms with Crippen LogP contribution in [-0.2, 0) is 27.1 Å². The summed E-state index contributed by atoms with van der Waals surface area (Å²) in [6, 6.07) is 23.8. The first-order valence-corrected chi connectivity index (χ1v) is 12.6. The molecule has 1 atom stereocenters. The van der Waals surface area contributed by atoms with Crippen LogP contribution in [0.25, 0.3) is 0 Å². The van der Waals surface area contributed by atoms with Crippen LogP contribution >= 0.6 is 0 Å². The number of rotatable bonds is 12. The fraction of sp³-hybridized carbons (Fsp3) is 0.478. The van der Waals surface area contributed by atoms with Gasteiger partial charge in [-0.2, -0.15) is 0 Å². The Labute approximate surface area is 165 Å². The first kappa shape index (κ1) is 21.8. The average molecular weight is 387 g/mol. The Bertz CT molecular complexity index is 577. The topological polar surface area (TPSA) is 27.7 Å². The summed E-state index contributed by atoms with van der Waals surface area (Å²) in [7, 11) is -1.72. The second kappa shape index (κ2) is 11.4. The molecule has 0 aliphatic carbocycles. The van der Waals surface area contributed by atoms with Crippen LogP contribution < -0.4 is 0 Å². The van der Waals surface area contributed by atoms with Gasteiger partial charge < -0.3 is 13.9 Å². The fourth-order valence-electron chi connectivity index (χ4n) is 3.27. The van der Waals surface area contributed by atoms with Crippen LogP contribution in [0.1, 0.15) is 38.8 Å². The summed E-state index contributed by atoms with van der Waals surface area (Å²) < 4.78 is 18.9. The quantitative estimate of drug-likeness (QED) is 0.323.